The third kappa shape index (κ3) is 4.89. The first-order chi connectivity index (χ1) is 10.7. The molecule has 0 aromatic heterocycles. The van der Waals surface area contributed by atoms with Crippen LogP contribution in [-0.4, -0.2) is 28.1 Å². The molecule has 0 radical (unpaired) electrons. The summed E-state index contributed by atoms with van der Waals surface area (Å²) in [6, 6.07) is 1.54. The van der Waals surface area contributed by atoms with Gasteiger partial charge in [0.25, 0.3) is 0 Å². The van der Waals surface area contributed by atoms with Crippen LogP contribution in [0.25, 0.3) is 0 Å². The van der Waals surface area contributed by atoms with Crippen LogP contribution in [0.5, 0.6) is 0 Å². The molecule has 1 unspecified atom stereocenters. The summed E-state index contributed by atoms with van der Waals surface area (Å²) >= 11 is 0. The van der Waals surface area contributed by atoms with E-state index in [0.29, 0.717) is 24.5 Å². The van der Waals surface area contributed by atoms with Crippen molar-refractivity contribution in [3.63, 3.8) is 0 Å². The van der Waals surface area contributed by atoms with Gasteiger partial charge in [-0.2, -0.15) is 13.2 Å². The van der Waals surface area contributed by atoms with E-state index in [9.17, 15) is 26.0 Å². The fourth-order valence-corrected chi connectivity index (χ4v) is 3.86. The Bertz CT molecular complexity index is 641. The second kappa shape index (κ2) is 7.14. The molecule has 1 saturated heterocycles. The average Bonchev–Trinajstić information content (AvgIpc) is 2.47. The largest absolute Gasteiger partial charge is 0.417 e. The normalized spacial score (nSPS) is 19.7. The predicted molar refractivity (Wildman–Crippen MR) is 76.8 cm³/mol. The molecule has 0 bridgehead atoms. The van der Waals surface area contributed by atoms with Crippen molar-refractivity contribution >= 4 is 10.0 Å². The van der Waals surface area contributed by atoms with Gasteiger partial charge in [-0.15, -0.1) is 0 Å². The third-order valence-corrected chi connectivity index (χ3v) is 5.30. The molecule has 23 heavy (non-hydrogen) atoms. The summed E-state index contributed by atoms with van der Waals surface area (Å²) in [6.07, 6.45) is -2.46. The highest BCUT2D eigenvalue weighted by Gasteiger charge is 2.37. The summed E-state index contributed by atoms with van der Waals surface area (Å²) < 4.78 is 78.1. The summed E-state index contributed by atoms with van der Waals surface area (Å²) in [5.41, 5.74) is -1.50. The van der Waals surface area contributed by atoms with Crippen molar-refractivity contribution in [3.05, 3.63) is 29.6 Å². The van der Waals surface area contributed by atoms with E-state index in [2.05, 4.69) is 10.0 Å². The van der Waals surface area contributed by atoms with E-state index < -0.39 is 32.5 Å². The molecule has 9 heteroatoms. The van der Waals surface area contributed by atoms with E-state index in [1.54, 1.807) is 0 Å². The minimum Gasteiger partial charge on any atom is -0.316 e. The zero-order valence-corrected chi connectivity index (χ0v) is 13.1. The van der Waals surface area contributed by atoms with Crippen LogP contribution in [0.4, 0.5) is 17.6 Å². The van der Waals surface area contributed by atoms with Crippen LogP contribution in [0.15, 0.2) is 23.1 Å². The molecule has 1 aliphatic rings. The SMILES string of the molecule is O=S(=O)(NCCC1CCCNC1)c1ccc(F)cc1C(F)(F)F. The molecule has 1 heterocycles. The lowest BCUT2D eigenvalue weighted by Gasteiger charge is -2.22. The van der Waals surface area contributed by atoms with Crippen molar-refractivity contribution in [2.24, 2.45) is 5.92 Å². The molecule has 2 N–H and O–H groups in total. The Morgan fingerprint density at radius 1 is 1.30 bits per heavy atom. The van der Waals surface area contributed by atoms with Crippen LogP contribution in [0.3, 0.4) is 0 Å². The van der Waals surface area contributed by atoms with Crippen LogP contribution in [0.2, 0.25) is 0 Å². The van der Waals surface area contributed by atoms with Gasteiger partial charge in [0, 0.05) is 6.54 Å². The first kappa shape index (κ1) is 18.2. The predicted octanol–water partition coefficient (Wildman–Crippen LogP) is 2.51. The van der Waals surface area contributed by atoms with E-state index >= 15 is 0 Å². The molecule has 0 amide bonds. The number of nitrogens with one attached hydrogen (secondary N) is 2. The first-order valence-electron chi connectivity index (χ1n) is 7.27. The van der Waals surface area contributed by atoms with Gasteiger partial charge in [-0.25, -0.2) is 17.5 Å². The highest BCUT2D eigenvalue weighted by Crippen LogP contribution is 2.34. The number of hydrogen-bond donors (Lipinski definition) is 2. The maximum absolute atomic E-state index is 13.0. The summed E-state index contributed by atoms with van der Waals surface area (Å²) in [4.78, 5) is -0.951. The Morgan fingerprint density at radius 3 is 2.65 bits per heavy atom. The van der Waals surface area contributed by atoms with Crippen molar-refractivity contribution in [2.45, 2.75) is 30.3 Å². The fraction of sp³-hybridized carbons (Fsp3) is 0.571. The standard InChI is InChI=1S/C14H18F4N2O2S/c15-11-3-4-13(12(8-11)14(16,17)18)23(21,22)20-7-5-10-2-1-6-19-9-10/h3-4,8,10,19-20H,1-2,5-7,9H2. The number of rotatable bonds is 5. The van der Waals surface area contributed by atoms with Crippen molar-refractivity contribution < 1.29 is 26.0 Å². The minimum absolute atomic E-state index is 0.0450. The van der Waals surface area contributed by atoms with E-state index in [-0.39, 0.29) is 12.6 Å². The van der Waals surface area contributed by atoms with Crippen molar-refractivity contribution in [2.75, 3.05) is 19.6 Å². The van der Waals surface area contributed by atoms with Gasteiger partial charge >= 0.3 is 6.18 Å². The number of halogens is 4. The number of piperidine rings is 1. The Hall–Kier alpha value is -1.19. The van der Waals surface area contributed by atoms with Crippen molar-refractivity contribution in [1.29, 1.82) is 0 Å². The van der Waals surface area contributed by atoms with Crippen LogP contribution in [-0.2, 0) is 16.2 Å². The van der Waals surface area contributed by atoms with E-state index in [1.165, 1.54) is 0 Å². The zero-order chi connectivity index (χ0) is 17.1. The molecule has 1 aromatic rings. The highest BCUT2D eigenvalue weighted by atomic mass is 32.2. The number of benzene rings is 1. The molecule has 1 atom stereocenters. The maximum atomic E-state index is 13.0. The van der Waals surface area contributed by atoms with Crippen molar-refractivity contribution in [1.82, 2.24) is 10.0 Å². The van der Waals surface area contributed by atoms with Gasteiger partial charge in [0.05, 0.1) is 10.5 Å². The Labute approximate surface area is 132 Å². The van der Waals surface area contributed by atoms with E-state index in [0.717, 1.165) is 25.9 Å². The smallest absolute Gasteiger partial charge is 0.316 e. The molecule has 4 nitrogen and oxygen atoms in total. The third-order valence-electron chi connectivity index (χ3n) is 3.78. The number of sulfonamides is 1. The first-order valence-corrected chi connectivity index (χ1v) is 8.75. The highest BCUT2D eigenvalue weighted by molar-refractivity contribution is 7.89. The fourth-order valence-electron chi connectivity index (χ4n) is 2.60. The average molecular weight is 354 g/mol. The lowest BCUT2D eigenvalue weighted by atomic mass is 9.96. The van der Waals surface area contributed by atoms with Gasteiger partial charge < -0.3 is 5.32 Å². The number of hydrogen-bond acceptors (Lipinski definition) is 3. The Balaban J connectivity index is 2.10. The molecule has 1 fully saturated rings. The van der Waals surface area contributed by atoms with Crippen LogP contribution < -0.4 is 10.0 Å². The molecule has 130 valence electrons. The molecule has 1 aromatic carbocycles. The molecular formula is C14H18F4N2O2S. The minimum atomic E-state index is -4.94. The molecule has 1 aliphatic heterocycles. The molecule has 0 spiro atoms. The molecule has 0 aliphatic carbocycles. The summed E-state index contributed by atoms with van der Waals surface area (Å²) in [5.74, 6) is -0.841. The Kier molecular flexibility index (Phi) is 5.64. The van der Waals surface area contributed by atoms with Crippen molar-refractivity contribution in [3.8, 4) is 0 Å². The van der Waals surface area contributed by atoms with Crippen LogP contribution in [0.1, 0.15) is 24.8 Å². The van der Waals surface area contributed by atoms with Crippen LogP contribution in [0, 0.1) is 11.7 Å². The molecular weight excluding hydrogens is 336 g/mol. The molecule has 2 rings (SSSR count). The monoisotopic (exact) mass is 354 g/mol. The second-order valence-electron chi connectivity index (χ2n) is 5.54. The second-order valence-corrected chi connectivity index (χ2v) is 7.27. The topological polar surface area (TPSA) is 58.2 Å². The van der Waals surface area contributed by atoms with Gasteiger partial charge in [-0.05, 0) is 56.5 Å². The quantitative estimate of drug-likeness (QED) is 0.799. The Morgan fingerprint density at radius 2 is 2.04 bits per heavy atom. The lowest BCUT2D eigenvalue weighted by Crippen LogP contribution is -2.33. The van der Waals surface area contributed by atoms with Gasteiger partial charge in [-0.3, -0.25) is 0 Å². The van der Waals surface area contributed by atoms with Gasteiger partial charge in [0.1, 0.15) is 5.82 Å². The van der Waals surface area contributed by atoms with Crippen LogP contribution >= 0.6 is 0 Å². The summed E-state index contributed by atoms with van der Waals surface area (Å²) in [6.45, 7) is 1.74. The van der Waals surface area contributed by atoms with E-state index in [1.807, 2.05) is 0 Å². The van der Waals surface area contributed by atoms with Gasteiger partial charge in [0.15, 0.2) is 0 Å². The maximum Gasteiger partial charge on any atom is 0.417 e. The number of alkyl halides is 3. The molecule has 0 saturated carbocycles. The van der Waals surface area contributed by atoms with Gasteiger partial charge in [-0.1, -0.05) is 0 Å². The van der Waals surface area contributed by atoms with E-state index in [4.69, 9.17) is 0 Å². The van der Waals surface area contributed by atoms with Gasteiger partial charge in [0.2, 0.25) is 10.0 Å². The summed E-state index contributed by atoms with van der Waals surface area (Å²) in [7, 11) is -4.35. The summed E-state index contributed by atoms with van der Waals surface area (Å²) in [5, 5.41) is 3.18. The zero-order valence-electron chi connectivity index (χ0n) is 12.3. The lowest BCUT2D eigenvalue weighted by molar-refractivity contribution is -0.140.